The number of hydrogen-bond donors (Lipinski definition) is 4. The molecule has 0 bridgehead atoms. The molecule has 4 nitrogen and oxygen atoms in total. The van der Waals surface area contributed by atoms with Gasteiger partial charge in [0.15, 0.2) is 6.29 Å². The summed E-state index contributed by atoms with van der Waals surface area (Å²) < 4.78 is 0. The Bertz CT molecular complexity index is 94.4. The number of aliphatic hydroxyl groups excluding tert-OH is 2. The zero-order valence-electron chi connectivity index (χ0n) is 6.15. The lowest BCUT2D eigenvalue weighted by molar-refractivity contribution is -0.140. The van der Waals surface area contributed by atoms with Gasteiger partial charge in [0.1, 0.15) is 6.10 Å². The van der Waals surface area contributed by atoms with Crippen LogP contribution in [0.15, 0.2) is 0 Å². The summed E-state index contributed by atoms with van der Waals surface area (Å²) in [5, 5.41) is 34.6. The van der Waals surface area contributed by atoms with Gasteiger partial charge < -0.3 is 20.4 Å². The van der Waals surface area contributed by atoms with Crippen LogP contribution in [-0.4, -0.2) is 38.4 Å². The molecule has 0 saturated heterocycles. The van der Waals surface area contributed by atoms with Gasteiger partial charge in [0, 0.05) is 6.42 Å². The Morgan fingerprint density at radius 1 is 1.20 bits per heavy atom. The second-order valence-corrected chi connectivity index (χ2v) is 3.00. The smallest absolute Gasteiger partial charge is 0.178 e. The Hall–Kier alpha value is -0.160. The molecule has 0 heterocycles. The molecule has 0 spiro atoms. The highest BCUT2D eigenvalue weighted by Gasteiger charge is 2.22. The molecule has 0 rings (SSSR count). The molecule has 0 aromatic carbocycles. The number of hydrogen-bond acceptors (Lipinski definition) is 4. The summed E-state index contributed by atoms with van der Waals surface area (Å²) in [6.07, 6.45) is -3.10. The zero-order chi connectivity index (χ0) is 8.36. The maximum absolute atomic E-state index is 9.05. The van der Waals surface area contributed by atoms with E-state index in [1.165, 1.54) is 13.8 Å². The van der Waals surface area contributed by atoms with Crippen LogP contribution >= 0.6 is 0 Å². The van der Waals surface area contributed by atoms with Gasteiger partial charge in [0.05, 0.1) is 5.60 Å². The van der Waals surface area contributed by atoms with Crippen LogP contribution in [0.2, 0.25) is 0 Å². The minimum Gasteiger partial charge on any atom is -0.390 e. The van der Waals surface area contributed by atoms with E-state index in [1.54, 1.807) is 0 Å². The first kappa shape index (κ1) is 9.84. The van der Waals surface area contributed by atoms with E-state index >= 15 is 0 Å². The van der Waals surface area contributed by atoms with Crippen LogP contribution in [0.4, 0.5) is 0 Å². The highest BCUT2D eigenvalue weighted by atomic mass is 16.5. The second-order valence-electron chi connectivity index (χ2n) is 3.00. The fourth-order valence-electron chi connectivity index (χ4n) is 0.617. The van der Waals surface area contributed by atoms with Crippen molar-refractivity contribution in [2.45, 2.75) is 38.3 Å². The average Bonchev–Trinajstić information content (AvgIpc) is 1.60. The fourth-order valence-corrected chi connectivity index (χ4v) is 0.617. The molecule has 4 N–H and O–H groups in total. The number of rotatable bonds is 3. The molecule has 0 aliphatic heterocycles. The molecule has 0 saturated carbocycles. The normalized spacial score (nSPS) is 15.9. The molecule has 0 aliphatic rings. The average molecular weight is 150 g/mol. The lowest BCUT2D eigenvalue weighted by Crippen LogP contribution is -2.34. The molecule has 62 valence electrons. The minimum atomic E-state index is -1.77. The molecular formula is C6H14O4. The number of aliphatic hydroxyl groups is 4. The summed E-state index contributed by atoms with van der Waals surface area (Å²) in [5.41, 5.74) is -1.07. The summed E-state index contributed by atoms with van der Waals surface area (Å²) >= 11 is 0. The topological polar surface area (TPSA) is 80.9 Å². The van der Waals surface area contributed by atoms with Crippen molar-refractivity contribution >= 4 is 0 Å². The molecule has 10 heavy (non-hydrogen) atoms. The first-order valence-corrected chi connectivity index (χ1v) is 3.09. The van der Waals surface area contributed by atoms with Gasteiger partial charge in [-0.2, -0.15) is 0 Å². The van der Waals surface area contributed by atoms with Gasteiger partial charge in [-0.15, -0.1) is 0 Å². The molecule has 4 heteroatoms. The van der Waals surface area contributed by atoms with Gasteiger partial charge in [-0.25, -0.2) is 0 Å². The van der Waals surface area contributed by atoms with Crippen LogP contribution in [0.5, 0.6) is 0 Å². The minimum absolute atomic E-state index is 0.0509. The van der Waals surface area contributed by atoms with Crippen LogP contribution in [0.25, 0.3) is 0 Å². The van der Waals surface area contributed by atoms with Crippen LogP contribution in [0.1, 0.15) is 20.3 Å². The van der Waals surface area contributed by atoms with Gasteiger partial charge in [0.2, 0.25) is 0 Å². The molecule has 0 radical (unpaired) electrons. The predicted molar refractivity (Wildman–Crippen MR) is 35.1 cm³/mol. The Kier molecular flexibility index (Phi) is 3.24. The van der Waals surface area contributed by atoms with Crippen LogP contribution in [0.3, 0.4) is 0 Å². The van der Waals surface area contributed by atoms with Crippen molar-refractivity contribution in [3.05, 3.63) is 0 Å². The summed E-state index contributed by atoms with van der Waals surface area (Å²) in [6, 6.07) is 0. The Balaban J connectivity index is 3.68. The molecule has 0 fully saturated rings. The molecule has 1 atom stereocenters. The maximum Gasteiger partial charge on any atom is 0.178 e. The van der Waals surface area contributed by atoms with Crippen molar-refractivity contribution < 1.29 is 20.4 Å². The van der Waals surface area contributed by atoms with Crippen LogP contribution in [0, 0.1) is 0 Å². The van der Waals surface area contributed by atoms with E-state index in [-0.39, 0.29) is 6.42 Å². The van der Waals surface area contributed by atoms with Crippen molar-refractivity contribution in [2.24, 2.45) is 0 Å². The third kappa shape index (κ3) is 4.69. The molecule has 0 amide bonds. The first-order valence-electron chi connectivity index (χ1n) is 3.09. The van der Waals surface area contributed by atoms with Crippen LogP contribution in [-0.2, 0) is 0 Å². The summed E-state index contributed by atoms with van der Waals surface area (Å²) in [7, 11) is 0. The monoisotopic (exact) mass is 150 g/mol. The largest absolute Gasteiger partial charge is 0.390 e. The van der Waals surface area contributed by atoms with E-state index < -0.39 is 18.0 Å². The fraction of sp³-hybridized carbons (Fsp3) is 1.00. The maximum atomic E-state index is 9.05. The van der Waals surface area contributed by atoms with E-state index in [9.17, 15) is 0 Å². The second kappa shape index (κ2) is 3.30. The summed E-state index contributed by atoms with van der Waals surface area (Å²) in [6.45, 7) is 2.97. The standard InChI is InChI=1S/C6H14O4/c1-6(2,10)3-4(7)5(8)9/h4-5,7-10H,3H2,1-2H3. The van der Waals surface area contributed by atoms with Crippen molar-refractivity contribution in [3.8, 4) is 0 Å². The SMILES string of the molecule is CC(C)(O)CC(O)C(O)O. The molecular weight excluding hydrogens is 136 g/mol. The highest BCUT2D eigenvalue weighted by molar-refractivity contribution is 4.71. The zero-order valence-corrected chi connectivity index (χ0v) is 6.15. The molecule has 0 aromatic rings. The quantitative estimate of drug-likeness (QED) is 0.382. The van der Waals surface area contributed by atoms with Crippen molar-refractivity contribution in [1.29, 1.82) is 0 Å². The van der Waals surface area contributed by atoms with Crippen LogP contribution < -0.4 is 0 Å². The summed E-state index contributed by atoms with van der Waals surface area (Å²) in [4.78, 5) is 0. The van der Waals surface area contributed by atoms with Gasteiger partial charge in [-0.3, -0.25) is 0 Å². The van der Waals surface area contributed by atoms with Gasteiger partial charge >= 0.3 is 0 Å². The van der Waals surface area contributed by atoms with Crippen molar-refractivity contribution in [3.63, 3.8) is 0 Å². The van der Waals surface area contributed by atoms with E-state index in [0.717, 1.165) is 0 Å². The van der Waals surface area contributed by atoms with Gasteiger partial charge in [-0.1, -0.05) is 0 Å². The summed E-state index contributed by atoms with van der Waals surface area (Å²) in [5.74, 6) is 0. The third-order valence-corrected chi connectivity index (χ3v) is 1.05. The lowest BCUT2D eigenvalue weighted by Gasteiger charge is -2.21. The molecule has 0 aliphatic carbocycles. The Morgan fingerprint density at radius 2 is 1.60 bits per heavy atom. The van der Waals surface area contributed by atoms with E-state index in [4.69, 9.17) is 20.4 Å². The Labute approximate surface area is 59.7 Å². The predicted octanol–water partition coefficient (Wildman–Crippen LogP) is -1.18. The van der Waals surface area contributed by atoms with E-state index in [1.807, 2.05) is 0 Å². The van der Waals surface area contributed by atoms with Crippen molar-refractivity contribution in [2.75, 3.05) is 0 Å². The highest BCUT2D eigenvalue weighted by Crippen LogP contribution is 2.11. The van der Waals surface area contributed by atoms with Gasteiger partial charge in [-0.05, 0) is 13.8 Å². The first-order chi connectivity index (χ1) is 4.33. The van der Waals surface area contributed by atoms with E-state index in [0.29, 0.717) is 0 Å². The third-order valence-electron chi connectivity index (χ3n) is 1.05. The Morgan fingerprint density at radius 3 is 1.70 bits per heavy atom. The lowest BCUT2D eigenvalue weighted by atomic mass is 10.0. The molecule has 1 unspecified atom stereocenters. The van der Waals surface area contributed by atoms with Crippen molar-refractivity contribution in [1.82, 2.24) is 0 Å². The van der Waals surface area contributed by atoms with E-state index in [2.05, 4.69) is 0 Å². The molecule has 0 aromatic heterocycles. The van der Waals surface area contributed by atoms with Gasteiger partial charge in [0.25, 0.3) is 0 Å².